The molecule has 6 heteroatoms. The van der Waals surface area contributed by atoms with Crippen LogP contribution in [-0.2, 0) is 13.1 Å². The highest BCUT2D eigenvalue weighted by Gasteiger charge is 2.23. The Kier molecular flexibility index (Phi) is 5.75. The van der Waals surface area contributed by atoms with Gasteiger partial charge in [-0.2, -0.15) is 10.4 Å². The number of hydrogen-bond donors (Lipinski definition) is 1. The van der Waals surface area contributed by atoms with E-state index in [2.05, 4.69) is 11.4 Å². The molecule has 1 aromatic heterocycles. The molecule has 4 nitrogen and oxygen atoms in total. The summed E-state index contributed by atoms with van der Waals surface area (Å²) in [6.45, 7) is 1.21. The minimum absolute atomic E-state index is 0.123. The van der Waals surface area contributed by atoms with Crippen LogP contribution in [0.1, 0.15) is 30.0 Å². The molecular formula is C22H21FN4S. The third-order valence-corrected chi connectivity index (χ3v) is 6.06. The molecule has 0 aliphatic carbocycles. The van der Waals surface area contributed by atoms with Crippen LogP contribution in [0.15, 0.2) is 59.6 Å². The van der Waals surface area contributed by atoms with E-state index in [1.807, 2.05) is 47.3 Å². The summed E-state index contributed by atoms with van der Waals surface area (Å²) in [6, 6.07) is 17.7. The van der Waals surface area contributed by atoms with E-state index in [4.69, 9.17) is 10.4 Å². The van der Waals surface area contributed by atoms with Crippen molar-refractivity contribution in [1.29, 1.82) is 5.26 Å². The van der Waals surface area contributed by atoms with Crippen molar-refractivity contribution >= 4 is 11.8 Å². The highest BCUT2D eigenvalue weighted by Crippen LogP contribution is 2.38. The van der Waals surface area contributed by atoms with Gasteiger partial charge in [0.25, 0.3) is 0 Å². The first kappa shape index (κ1) is 18.7. The largest absolute Gasteiger partial charge is 0.306 e. The van der Waals surface area contributed by atoms with Crippen LogP contribution in [-0.4, -0.2) is 15.5 Å². The lowest BCUT2D eigenvalue weighted by atomic mass is 10.0. The average Bonchev–Trinajstić information content (AvgIpc) is 3.15. The molecule has 3 aromatic rings. The molecule has 0 fully saturated rings. The van der Waals surface area contributed by atoms with Gasteiger partial charge in [-0.25, -0.2) is 4.39 Å². The average molecular weight is 393 g/mol. The summed E-state index contributed by atoms with van der Waals surface area (Å²) in [5, 5.41) is 17.2. The Labute approximate surface area is 168 Å². The number of aromatic nitrogens is 2. The lowest BCUT2D eigenvalue weighted by Crippen LogP contribution is -2.24. The van der Waals surface area contributed by atoms with Crippen molar-refractivity contribution in [2.45, 2.75) is 36.9 Å². The van der Waals surface area contributed by atoms with Gasteiger partial charge in [-0.1, -0.05) is 42.5 Å². The van der Waals surface area contributed by atoms with Gasteiger partial charge in [-0.15, -0.1) is 11.8 Å². The first-order valence-corrected chi connectivity index (χ1v) is 10.4. The molecular weight excluding hydrogens is 371 g/mol. The zero-order chi connectivity index (χ0) is 19.3. The maximum Gasteiger partial charge on any atom is 0.137 e. The topological polar surface area (TPSA) is 53.6 Å². The number of fused-ring (bicyclic) bond motifs is 1. The molecule has 1 N–H and O–H groups in total. The Hall–Kier alpha value is -2.62. The lowest BCUT2D eigenvalue weighted by Gasteiger charge is -2.26. The fourth-order valence-electron chi connectivity index (χ4n) is 3.54. The number of halogens is 1. The monoisotopic (exact) mass is 392 g/mol. The maximum atomic E-state index is 14.1. The molecule has 2 aromatic carbocycles. The summed E-state index contributed by atoms with van der Waals surface area (Å²) in [6.07, 6.45) is 3.40. The summed E-state index contributed by atoms with van der Waals surface area (Å²) in [5.41, 5.74) is 4.10. The maximum absolute atomic E-state index is 14.1. The molecule has 0 amide bonds. The number of aryl methyl sites for hydroxylation is 1. The minimum atomic E-state index is -0.136. The Balaban J connectivity index is 1.58. The first-order valence-electron chi connectivity index (χ1n) is 9.39. The van der Waals surface area contributed by atoms with Crippen LogP contribution >= 0.6 is 11.8 Å². The molecule has 1 atom stereocenters. The van der Waals surface area contributed by atoms with Crippen molar-refractivity contribution in [1.82, 2.24) is 15.1 Å². The molecule has 1 aliphatic rings. The second-order valence-electron chi connectivity index (χ2n) is 6.77. The van der Waals surface area contributed by atoms with Crippen molar-refractivity contribution in [2.24, 2.45) is 0 Å². The van der Waals surface area contributed by atoms with Crippen LogP contribution in [0, 0.1) is 17.1 Å². The molecule has 0 saturated carbocycles. The van der Waals surface area contributed by atoms with Gasteiger partial charge in [-0.3, -0.25) is 4.68 Å². The molecule has 0 bridgehead atoms. The fraction of sp³-hybridized carbons (Fsp3) is 0.273. The van der Waals surface area contributed by atoms with E-state index < -0.39 is 0 Å². The number of rotatable bonds is 6. The summed E-state index contributed by atoms with van der Waals surface area (Å²) in [7, 11) is 0. The van der Waals surface area contributed by atoms with Gasteiger partial charge in [0.05, 0.1) is 24.7 Å². The molecule has 1 unspecified atom stereocenters. The standard InChI is InChI=1S/C22H21FN4S/c23-19-9-4-8-18-20(10-13-28-22(18)19)25-14-17-15-27(12-5-11-24)26-21(17)16-6-2-1-3-7-16/h1-4,6-9,15,20,25H,5,10,12-14H2. The van der Waals surface area contributed by atoms with Crippen molar-refractivity contribution < 1.29 is 4.39 Å². The van der Waals surface area contributed by atoms with E-state index in [-0.39, 0.29) is 11.9 Å². The number of nitriles is 1. The van der Waals surface area contributed by atoms with E-state index in [0.29, 0.717) is 19.5 Å². The van der Waals surface area contributed by atoms with Gasteiger partial charge in [0.1, 0.15) is 5.82 Å². The van der Waals surface area contributed by atoms with Crippen molar-refractivity contribution in [2.75, 3.05) is 5.75 Å². The van der Waals surface area contributed by atoms with Crippen LogP contribution in [0.25, 0.3) is 11.3 Å². The van der Waals surface area contributed by atoms with Crippen LogP contribution in [0.2, 0.25) is 0 Å². The van der Waals surface area contributed by atoms with Gasteiger partial charge >= 0.3 is 0 Å². The molecule has 0 spiro atoms. The Morgan fingerprint density at radius 1 is 1.21 bits per heavy atom. The van der Waals surface area contributed by atoms with E-state index in [1.54, 1.807) is 17.8 Å². The van der Waals surface area contributed by atoms with Crippen LogP contribution in [0.4, 0.5) is 4.39 Å². The Bertz CT molecular complexity index is 994. The van der Waals surface area contributed by atoms with Gasteiger partial charge in [0.2, 0.25) is 0 Å². The Morgan fingerprint density at radius 3 is 2.89 bits per heavy atom. The third kappa shape index (κ3) is 3.96. The number of nitrogens with one attached hydrogen (secondary N) is 1. The zero-order valence-electron chi connectivity index (χ0n) is 15.4. The van der Waals surface area contributed by atoms with Crippen molar-refractivity contribution in [3.8, 4) is 17.3 Å². The number of benzene rings is 2. The van der Waals surface area contributed by atoms with E-state index in [1.165, 1.54) is 6.07 Å². The van der Waals surface area contributed by atoms with Crippen molar-refractivity contribution in [3.63, 3.8) is 0 Å². The molecule has 28 heavy (non-hydrogen) atoms. The fourth-order valence-corrected chi connectivity index (χ4v) is 4.68. The van der Waals surface area contributed by atoms with Crippen LogP contribution in [0.3, 0.4) is 0 Å². The summed E-state index contributed by atoms with van der Waals surface area (Å²) in [5.74, 6) is 0.766. The lowest BCUT2D eigenvalue weighted by molar-refractivity contribution is 0.496. The molecule has 2 heterocycles. The molecule has 0 saturated heterocycles. The zero-order valence-corrected chi connectivity index (χ0v) is 16.3. The number of hydrogen-bond acceptors (Lipinski definition) is 4. The Morgan fingerprint density at radius 2 is 2.07 bits per heavy atom. The highest BCUT2D eigenvalue weighted by atomic mass is 32.2. The minimum Gasteiger partial charge on any atom is -0.306 e. The van der Waals surface area contributed by atoms with Gasteiger partial charge < -0.3 is 5.32 Å². The predicted octanol–water partition coefficient (Wildman–Crippen LogP) is 4.93. The van der Waals surface area contributed by atoms with Crippen molar-refractivity contribution in [3.05, 3.63) is 71.7 Å². The summed E-state index contributed by atoms with van der Waals surface area (Å²) >= 11 is 1.59. The molecule has 0 radical (unpaired) electrons. The first-order chi connectivity index (χ1) is 13.8. The van der Waals surface area contributed by atoms with E-state index in [9.17, 15) is 4.39 Å². The summed E-state index contributed by atoms with van der Waals surface area (Å²) < 4.78 is 16.0. The second kappa shape index (κ2) is 8.59. The van der Waals surface area contributed by atoms with E-state index in [0.717, 1.165) is 39.5 Å². The van der Waals surface area contributed by atoms with Gasteiger partial charge in [-0.05, 0) is 23.8 Å². The van der Waals surface area contributed by atoms with Gasteiger partial charge in [0.15, 0.2) is 0 Å². The molecule has 1 aliphatic heterocycles. The van der Waals surface area contributed by atoms with Gasteiger partial charge in [0, 0.05) is 34.8 Å². The normalized spacial score (nSPS) is 15.8. The molecule has 4 rings (SSSR count). The number of nitrogens with zero attached hydrogens (tertiary/aromatic N) is 3. The number of thioether (sulfide) groups is 1. The summed E-state index contributed by atoms with van der Waals surface area (Å²) in [4.78, 5) is 0.763. The predicted molar refractivity (Wildman–Crippen MR) is 109 cm³/mol. The van der Waals surface area contributed by atoms with Crippen LogP contribution in [0.5, 0.6) is 0 Å². The second-order valence-corrected chi connectivity index (χ2v) is 7.87. The quantitative estimate of drug-likeness (QED) is 0.646. The SMILES string of the molecule is N#CCCn1cc(CNC2CCSc3c(F)cccc32)c(-c2ccccc2)n1. The smallest absolute Gasteiger partial charge is 0.137 e. The molecule has 142 valence electrons. The van der Waals surface area contributed by atoms with E-state index >= 15 is 0 Å². The van der Waals surface area contributed by atoms with Crippen LogP contribution < -0.4 is 5.32 Å². The third-order valence-electron chi connectivity index (χ3n) is 4.90. The highest BCUT2D eigenvalue weighted by molar-refractivity contribution is 7.99.